The van der Waals surface area contributed by atoms with Crippen LogP contribution in [0.5, 0.6) is 0 Å². The van der Waals surface area contributed by atoms with Crippen molar-refractivity contribution in [1.82, 2.24) is 9.88 Å². The van der Waals surface area contributed by atoms with Gasteiger partial charge in [0.25, 0.3) is 0 Å². The van der Waals surface area contributed by atoms with Crippen molar-refractivity contribution in [3.63, 3.8) is 0 Å². The lowest BCUT2D eigenvalue weighted by molar-refractivity contribution is -0.135. The second kappa shape index (κ2) is 7.51. The fourth-order valence-corrected chi connectivity index (χ4v) is 6.03. The number of H-pyrrole nitrogens is 1. The van der Waals surface area contributed by atoms with E-state index in [4.69, 9.17) is 4.74 Å². The minimum atomic E-state index is -0.271. The minimum absolute atomic E-state index is 0.148. The van der Waals surface area contributed by atoms with E-state index < -0.39 is 0 Å². The molecule has 2 aromatic carbocycles. The second-order valence-corrected chi connectivity index (χ2v) is 9.45. The highest BCUT2D eigenvalue weighted by atomic mass is 19.1. The van der Waals surface area contributed by atoms with Crippen LogP contribution < -0.4 is 0 Å². The van der Waals surface area contributed by atoms with E-state index in [-0.39, 0.29) is 17.5 Å². The fraction of sp³-hybridized carbons (Fsp3) is 0.462. The van der Waals surface area contributed by atoms with Crippen LogP contribution in [0.4, 0.5) is 4.39 Å². The molecule has 2 aliphatic rings. The average Bonchev–Trinajstić information content (AvgIpc) is 3.09. The monoisotopic (exact) mass is 406 g/mol. The molecule has 1 N–H and O–H groups in total. The number of nitrogens with one attached hydrogen (secondary N) is 1. The molecule has 1 saturated carbocycles. The molecule has 2 unspecified atom stereocenters. The molecule has 1 aliphatic heterocycles. The zero-order chi connectivity index (χ0) is 20.9. The van der Waals surface area contributed by atoms with Crippen molar-refractivity contribution in [1.29, 1.82) is 0 Å². The van der Waals surface area contributed by atoms with Gasteiger partial charge in [-0.25, -0.2) is 4.39 Å². The van der Waals surface area contributed by atoms with E-state index in [1.54, 1.807) is 12.1 Å². The van der Waals surface area contributed by atoms with E-state index in [9.17, 15) is 4.39 Å². The van der Waals surface area contributed by atoms with Gasteiger partial charge in [0.05, 0.1) is 11.8 Å². The molecule has 1 fully saturated rings. The Kier molecular flexibility index (Phi) is 4.95. The Bertz CT molecular complexity index is 1030. The Morgan fingerprint density at radius 2 is 1.83 bits per heavy atom. The highest BCUT2D eigenvalue weighted by molar-refractivity contribution is 5.85. The lowest BCUT2D eigenvalue weighted by Gasteiger charge is -2.47. The maximum Gasteiger partial charge on any atom is 0.123 e. The van der Waals surface area contributed by atoms with Crippen LogP contribution in [0, 0.1) is 11.7 Å². The standard InChI is InChI=1S/C26H31FN2O/c1-17-15-22-21-16-20(27)9-10-23(21)28-25(22)26(30-17)13-11-19(12-14-26)24(29(2)3)18-7-5-4-6-8-18/h4-10,16-17,19,24,28H,11-15H2,1-3H3. The van der Waals surface area contributed by atoms with E-state index in [0.717, 1.165) is 43.0 Å². The minimum Gasteiger partial charge on any atom is -0.365 e. The SMILES string of the molecule is CC1Cc2c([nH]c3ccc(F)cc23)C2(CCC(C(c3ccccc3)N(C)C)CC2)O1. The third-order valence-corrected chi connectivity index (χ3v) is 7.22. The topological polar surface area (TPSA) is 28.3 Å². The molecule has 4 heteroatoms. The van der Waals surface area contributed by atoms with Gasteiger partial charge in [-0.2, -0.15) is 0 Å². The van der Waals surface area contributed by atoms with Crippen molar-refractivity contribution in [3.8, 4) is 0 Å². The molecule has 1 spiro atoms. The number of hydrogen-bond acceptors (Lipinski definition) is 2. The molecule has 158 valence electrons. The van der Waals surface area contributed by atoms with E-state index in [1.165, 1.54) is 16.8 Å². The third kappa shape index (κ3) is 3.27. The Hall–Kier alpha value is -2.17. The predicted molar refractivity (Wildman–Crippen MR) is 119 cm³/mol. The lowest BCUT2D eigenvalue weighted by atomic mass is 9.71. The molecule has 3 nitrogen and oxygen atoms in total. The molecule has 30 heavy (non-hydrogen) atoms. The summed E-state index contributed by atoms with van der Waals surface area (Å²) >= 11 is 0. The van der Waals surface area contributed by atoms with Crippen molar-refractivity contribution < 1.29 is 9.13 Å². The van der Waals surface area contributed by atoms with Crippen molar-refractivity contribution in [3.05, 3.63) is 71.2 Å². The zero-order valence-corrected chi connectivity index (χ0v) is 18.1. The normalized spacial score (nSPS) is 27.5. The summed E-state index contributed by atoms with van der Waals surface area (Å²) < 4.78 is 20.6. The molecule has 0 amide bonds. The van der Waals surface area contributed by atoms with Crippen molar-refractivity contribution >= 4 is 10.9 Å². The van der Waals surface area contributed by atoms with Gasteiger partial charge in [-0.05, 0) is 81.9 Å². The number of rotatable bonds is 3. The molecule has 0 bridgehead atoms. The van der Waals surface area contributed by atoms with Crippen LogP contribution in [0.15, 0.2) is 48.5 Å². The van der Waals surface area contributed by atoms with Gasteiger partial charge in [-0.15, -0.1) is 0 Å². The number of ether oxygens (including phenoxy) is 1. The summed E-state index contributed by atoms with van der Waals surface area (Å²) in [6.07, 6.45) is 5.23. The Morgan fingerprint density at radius 1 is 1.10 bits per heavy atom. The van der Waals surface area contributed by atoms with E-state index in [0.29, 0.717) is 12.0 Å². The number of nitrogens with zero attached hydrogens (tertiary/aromatic N) is 1. The summed E-state index contributed by atoms with van der Waals surface area (Å²) in [5.41, 5.74) is 4.60. The molecule has 2 heterocycles. The van der Waals surface area contributed by atoms with Crippen LogP contribution in [0.25, 0.3) is 10.9 Å². The third-order valence-electron chi connectivity index (χ3n) is 7.22. The summed E-state index contributed by atoms with van der Waals surface area (Å²) in [6, 6.07) is 16.4. The number of benzene rings is 2. The molecular weight excluding hydrogens is 375 g/mol. The first-order valence-electron chi connectivity index (χ1n) is 11.2. The van der Waals surface area contributed by atoms with E-state index in [1.807, 2.05) is 6.07 Å². The Morgan fingerprint density at radius 3 is 2.53 bits per heavy atom. The summed E-state index contributed by atoms with van der Waals surface area (Å²) in [7, 11) is 4.37. The van der Waals surface area contributed by atoms with Crippen molar-refractivity contribution in [2.45, 2.75) is 56.8 Å². The van der Waals surface area contributed by atoms with Crippen LogP contribution in [0.1, 0.15) is 55.5 Å². The van der Waals surface area contributed by atoms with Crippen LogP contribution in [-0.4, -0.2) is 30.1 Å². The molecule has 2 atom stereocenters. The summed E-state index contributed by atoms with van der Waals surface area (Å²) in [6.45, 7) is 2.15. The highest BCUT2D eigenvalue weighted by Gasteiger charge is 2.46. The van der Waals surface area contributed by atoms with Gasteiger partial charge >= 0.3 is 0 Å². The largest absolute Gasteiger partial charge is 0.365 e. The summed E-state index contributed by atoms with van der Waals surface area (Å²) in [5, 5.41) is 1.03. The van der Waals surface area contributed by atoms with Gasteiger partial charge in [0, 0.05) is 23.4 Å². The zero-order valence-electron chi connectivity index (χ0n) is 18.1. The van der Waals surface area contributed by atoms with E-state index in [2.05, 4.69) is 61.2 Å². The molecular formula is C26H31FN2O. The van der Waals surface area contributed by atoms with Gasteiger partial charge in [0.2, 0.25) is 0 Å². The molecule has 5 rings (SSSR count). The number of hydrogen-bond donors (Lipinski definition) is 1. The van der Waals surface area contributed by atoms with Crippen LogP contribution in [0.3, 0.4) is 0 Å². The van der Waals surface area contributed by atoms with Crippen molar-refractivity contribution in [2.24, 2.45) is 5.92 Å². The summed E-state index contributed by atoms with van der Waals surface area (Å²) in [4.78, 5) is 5.98. The van der Waals surface area contributed by atoms with Gasteiger partial charge < -0.3 is 14.6 Å². The quantitative estimate of drug-likeness (QED) is 0.582. The maximum absolute atomic E-state index is 13.9. The van der Waals surface area contributed by atoms with Gasteiger partial charge in [0.15, 0.2) is 0 Å². The molecule has 0 saturated heterocycles. The smallest absolute Gasteiger partial charge is 0.123 e. The van der Waals surface area contributed by atoms with Crippen LogP contribution >= 0.6 is 0 Å². The molecule has 0 radical (unpaired) electrons. The first kappa shape index (κ1) is 19.8. The van der Waals surface area contributed by atoms with Crippen molar-refractivity contribution in [2.75, 3.05) is 14.1 Å². The average molecular weight is 407 g/mol. The number of halogens is 1. The fourth-order valence-electron chi connectivity index (χ4n) is 6.03. The first-order valence-corrected chi connectivity index (χ1v) is 11.2. The number of fused-ring (bicyclic) bond motifs is 4. The first-order chi connectivity index (χ1) is 14.5. The predicted octanol–water partition coefficient (Wildman–Crippen LogP) is 5.96. The van der Waals surface area contributed by atoms with Gasteiger partial charge in [-0.3, -0.25) is 0 Å². The number of aromatic nitrogens is 1. The lowest BCUT2D eigenvalue weighted by Crippen LogP contribution is -2.43. The maximum atomic E-state index is 13.9. The van der Waals surface area contributed by atoms with E-state index >= 15 is 0 Å². The summed E-state index contributed by atoms with van der Waals surface area (Å²) in [5.74, 6) is 0.428. The van der Waals surface area contributed by atoms with Gasteiger partial charge in [0.1, 0.15) is 11.4 Å². The second-order valence-electron chi connectivity index (χ2n) is 9.45. The molecule has 3 aromatic rings. The molecule has 1 aromatic heterocycles. The number of aromatic amines is 1. The highest BCUT2D eigenvalue weighted by Crippen LogP contribution is 2.51. The van der Waals surface area contributed by atoms with Crippen LogP contribution in [-0.2, 0) is 16.8 Å². The van der Waals surface area contributed by atoms with Crippen LogP contribution in [0.2, 0.25) is 0 Å². The Labute approximate surface area is 178 Å². The van der Waals surface area contributed by atoms with Gasteiger partial charge in [-0.1, -0.05) is 30.3 Å². The Balaban J connectivity index is 1.46. The molecule has 1 aliphatic carbocycles.